The predicted octanol–water partition coefficient (Wildman–Crippen LogP) is 9.77. The molecule has 0 rings (SSSR count). The van der Waals surface area contributed by atoms with Gasteiger partial charge in [-0.05, 0) is 38.5 Å². The number of hydrogen-bond acceptors (Lipinski definition) is 3. The molecule has 0 aromatic carbocycles. The Morgan fingerprint density at radius 1 is 0.559 bits per heavy atom. The standard InChI is InChI=1S/C25H54P.CHF3O3S/c1-5-8-11-14-17-20-23-26(4,24-21-18-15-12-9-6-2)25-22-19-16-13-10-7-3;2-1(3,4)8(5,6)7/h5-25H2,1-4H3;(H,5,6,7)/q+1;/p-1. The molecule has 0 aliphatic carbocycles. The summed E-state index contributed by atoms with van der Waals surface area (Å²) in [6.45, 7) is 9.70. The summed E-state index contributed by atoms with van der Waals surface area (Å²) in [6.07, 6.45) is 31.2. The van der Waals surface area contributed by atoms with Gasteiger partial charge in [0.15, 0.2) is 10.1 Å². The summed E-state index contributed by atoms with van der Waals surface area (Å²) in [5, 5.41) is 0. The van der Waals surface area contributed by atoms with Gasteiger partial charge in [0.05, 0.1) is 18.5 Å². The monoisotopic (exact) mass is 534 g/mol. The van der Waals surface area contributed by atoms with Crippen molar-refractivity contribution in [3.05, 3.63) is 0 Å². The number of hydrogen-bond donors (Lipinski definition) is 0. The van der Waals surface area contributed by atoms with Gasteiger partial charge in [-0.1, -0.05) is 97.8 Å². The molecule has 0 saturated heterocycles. The molecule has 0 radical (unpaired) electrons. The fraction of sp³-hybridized carbons (Fsp3) is 1.00. The second kappa shape index (κ2) is 22.3. The van der Waals surface area contributed by atoms with Gasteiger partial charge >= 0.3 is 5.51 Å². The Labute approximate surface area is 210 Å². The average Bonchev–Trinajstić information content (AvgIpc) is 2.75. The maximum atomic E-state index is 10.7. The smallest absolute Gasteiger partial charge is 0.485 e. The van der Waals surface area contributed by atoms with Crippen LogP contribution in [0.1, 0.15) is 136 Å². The molecule has 0 spiro atoms. The highest BCUT2D eigenvalue weighted by Gasteiger charge is 2.37. The maximum absolute atomic E-state index is 10.7. The first-order valence-electron chi connectivity index (χ1n) is 13.8. The van der Waals surface area contributed by atoms with Crippen molar-refractivity contribution >= 4 is 17.4 Å². The van der Waals surface area contributed by atoms with E-state index >= 15 is 0 Å². The largest absolute Gasteiger partial charge is 0.741 e. The third-order valence-corrected chi connectivity index (χ3v) is 11.2. The lowest BCUT2D eigenvalue weighted by molar-refractivity contribution is -0.0517. The first-order chi connectivity index (χ1) is 15.9. The van der Waals surface area contributed by atoms with Gasteiger partial charge in [-0.15, -0.1) is 0 Å². The molecule has 0 atom stereocenters. The van der Waals surface area contributed by atoms with Gasteiger partial charge in [0.2, 0.25) is 0 Å². The molecule has 0 saturated carbocycles. The molecular weight excluding hydrogens is 480 g/mol. The van der Waals surface area contributed by atoms with E-state index in [2.05, 4.69) is 27.4 Å². The molecule has 0 aliphatic rings. The van der Waals surface area contributed by atoms with E-state index in [1.807, 2.05) is 0 Å². The summed E-state index contributed by atoms with van der Waals surface area (Å²) in [5.74, 6) is 0. The SMILES string of the molecule is CCCCCCCC[P+](C)(CCCCCCCC)CCCCCCCC.O=S(=O)([O-])C(F)(F)F. The van der Waals surface area contributed by atoms with Crippen LogP contribution in [0.4, 0.5) is 13.2 Å². The van der Waals surface area contributed by atoms with Crippen LogP contribution in [0, 0.1) is 0 Å². The van der Waals surface area contributed by atoms with Crippen LogP contribution in [-0.2, 0) is 10.1 Å². The average molecular weight is 535 g/mol. The van der Waals surface area contributed by atoms with E-state index in [0.717, 1.165) is 0 Å². The fourth-order valence-electron chi connectivity index (χ4n) is 4.16. The summed E-state index contributed by atoms with van der Waals surface area (Å²) >= 11 is 0. The summed E-state index contributed by atoms with van der Waals surface area (Å²) in [5.41, 5.74) is -5.65. The zero-order chi connectivity index (χ0) is 26.3. The van der Waals surface area contributed by atoms with Gasteiger partial charge in [0.25, 0.3) is 0 Å². The highest BCUT2D eigenvalue weighted by Crippen LogP contribution is 2.57. The molecule has 0 aromatic heterocycles. The molecule has 0 unspecified atom stereocenters. The third-order valence-electron chi connectivity index (χ3n) is 6.44. The lowest BCUT2D eigenvalue weighted by atomic mass is 10.1. The molecule has 0 fully saturated rings. The van der Waals surface area contributed by atoms with E-state index in [9.17, 15) is 13.2 Å². The van der Waals surface area contributed by atoms with Crippen molar-refractivity contribution in [1.82, 2.24) is 0 Å². The van der Waals surface area contributed by atoms with E-state index in [1.54, 1.807) is 18.5 Å². The molecule has 0 aliphatic heterocycles. The molecule has 0 heterocycles. The number of alkyl halides is 3. The van der Waals surface area contributed by atoms with Crippen molar-refractivity contribution in [2.75, 3.05) is 25.2 Å². The molecule has 8 heteroatoms. The van der Waals surface area contributed by atoms with E-state index in [0.29, 0.717) is 0 Å². The van der Waals surface area contributed by atoms with Crippen LogP contribution in [-0.4, -0.2) is 43.6 Å². The minimum atomic E-state index is -6.09. The van der Waals surface area contributed by atoms with Crippen LogP contribution < -0.4 is 0 Å². The molecule has 0 amide bonds. The van der Waals surface area contributed by atoms with Crippen molar-refractivity contribution in [1.29, 1.82) is 0 Å². The maximum Gasteiger partial charge on any atom is 0.485 e. The number of unbranched alkanes of at least 4 members (excludes halogenated alkanes) is 15. The molecule has 208 valence electrons. The normalized spacial score (nSPS) is 12.5. The molecular formula is C26H54F3O3PS. The van der Waals surface area contributed by atoms with Gasteiger partial charge in [0.1, 0.15) is 0 Å². The molecule has 34 heavy (non-hydrogen) atoms. The van der Waals surface area contributed by atoms with Crippen LogP contribution in [0.3, 0.4) is 0 Å². The second-order valence-electron chi connectivity index (χ2n) is 9.99. The lowest BCUT2D eigenvalue weighted by Crippen LogP contribution is -2.21. The Balaban J connectivity index is 0. The summed E-state index contributed by atoms with van der Waals surface area (Å²) in [4.78, 5) is 0. The topological polar surface area (TPSA) is 57.2 Å². The Bertz CT molecular complexity index is 499. The van der Waals surface area contributed by atoms with E-state index in [1.165, 1.54) is 116 Å². The minimum Gasteiger partial charge on any atom is -0.741 e. The lowest BCUT2D eigenvalue weighted by Gasteiger charge is -2.24. The number of halogens is 3. The molecule has 0 N–H and O–H groups in total. The van der Waals surface area contributed by atoms with Gasteiger partial charge in [0, 0.05) is 13.9 Å². The van der Waals surface area contributed by atoms with Gasteiger partial charge < -0.3 is 4.55 Å². The van der Waals surface area contributed by atoms with Crippen LogP contribution in [0.15, 0.2) is 0 Å². The van der Waals surface area contributed by atoms with Gasteiger partial charge in [-0.2, -0.15) is 13.2 Å². The minimum absolute atomic E-state index is 0.636. The molecule has 0 bridgehead atoms. The quantitative estimate of drug-likeness (QED) is 0.0637. The third kappa shape index (κ3) is 23.9. The van der Waals surface area contributed by atoms with Crippen molar-refractivity contribution in [2.45, 2.75) is 142 Å². The summed E-state index contributed by atoms with van der Waals surface area (Å²) in [6, 6.07) is 0. The first kappa shape index (κ1) is 36.3. The van der Waals surface area contributed by atoms with Crippen molar-refractivity contribution < 1.29 is 26.1 Å². The Kier molecular flexibility index (Phi) is 23.8. The Hall–Kier alpha value is 0.130. The second-order valence-corrected chi connectivity index (χ2v) is 15.9. The van der Waals surface area contributed by atoms with Gasteiger partial charge in [-0.25, -0.2) is 8.42 Å². The first-order valence-corrected chi connectivity index (χ1v) is 18.0. The van der Waals surface area contributed by atoms with Gasteiger partial charge in [-0.3, -0.25) is 0 Å². The predicted molar refractivity (Wildman–Crippen MR) is 143 cm³/mol. The Morgan fingerprint density at radius 3 is 0.971 bits per heavy atom. The fourth-order valence-corrected chi connectivity index (χ4v) is 7.79. The van der Waals surface area contributed by atoms with E-state index in [4.69, 9.17) is 13.0 Å². The van der Waals surface area contributed by atoms with E-state index in [-0.39, 0.29) is 0 Å². The van der Waals surface area contributed by atoms with E-state index < -0.39 is 22.9 Å². The van der Waals surface area contributed by atoms with Crippen molar-refractivity contribution in [2.24, 2.45) is 0 Å². The van der Waals surface area contributed by atoms with Crippen LogP contribution in [0.2, 0.25) is 0 Å². The summed E-state index contributed by atoms with van der Waals surface area (Å²) in [7, 11) is -6.73. The highest BCUT2D eigenvalue weighted by molar-refractivity contribution is 7.86. The highest BCUT2D eigenvalue weighted by atomic mass is 32.2. The Morgan fingerprint density at radius 2 is 0.765 bits per heavy atom. The van der Waals surface area contributed by atoms with Crippen LogP contribution >= 0.6 is 7.26 Å². The summed E-state index contributed by atoms with van der Waals surface area (Å²) < 4.78 is 58.9. The zero-order valence-corrected chi connectivity index (χ0v) is 24.3. The number of rotatable bonds is 21. The van der Waals surface area contributed by atoms with Crippen molar-refractivity contribution in [3.8, 4) is 0 Å². The zero-order valence-electron chi connectivity index (χ0n) is 22.6. The van der Waals surface area contributed by atoms with Crippen molar-refractivity contribution in [3.63, 3.8) is 0 Å². The van der Waals surface area contributed by atoms with Crippen LogP contribution in [0.25, 0.3) is 0 Å². The molecule has 3 nitrogen and oxygen atoms in total. The molecule has 0 aromatic rings. The van der Waals surface area contributed by atoms with Crippen LogP contribution in [0.5, 0.6) is 0 Å².